The van der Waals surface area contributed by atoms with Gasteiger partial charge in [-0.1, -0.05) is 6.08 Å². The van der Waals surface area contributed by atoms with Gasteiger partial charge < -0.3 is 9.63 Å². The van der Waals surface area contributed by atoms with Crippen molar-refractivity contribution in [1.82, 2.24) is 0 Å². The average molecular weight is 178 g/mol. The second kappa shape index (κ2) is 4.70. The van der Waals surface area contributed by atoms with E-state index >= 15 is 0 Å². The summed E-state index contributed by atoms with van der Waals surface area (Å²) in [5.74, 6) is 0. The molecular formula is C7H15O3P. The van der Waals surface area contributed by atoms with Gasteiger partial charge in [-0.05, 0) is 26.8 Å². The number of hydrogen-bond donors (Lipinski definition) is 1. The first-order chi connectivity index (χ1) is 5.04. The zero-order chi connectivity index (χ0) is 8.91. The van der Waals surface area contributed by atoms with Crippen molar-refractivity contribution >= 4 is 8.03 Å². The molecule has 0 rings (SSSR count). The third kappa shape index (κ3) is 3.71. The van der Waals surface area contributed by atoms with E-state index in [1.807, 2.05) is 0 Å². The first kappa shape index (κ1) is 10.9. The van der Waals surface area contributed by atoms with Crippen LogP contribution in [-0.4, -0.2) is 17.1 Å². The Morgan fingerprint density at radius 1 is 1.73 bits per heavy atom. The van der Waals surface area contributed by atoms with Gasteiger partial charge >= 0.3 is 0 Å². The summed E-state index contributed by atoms with van der Waals surface area (Å²) in [6.07, 6.45) is 3.13. The number of rotatable bonds is 4. The van der Waals surface area contributed by atoms with Gasteiger partial charge in [-0.15, -0.1) is 0 Å². The molecule has 0 aliphatic heterocycles. The minimum Gasteiger partial charge on any atom is -0.376 e. The second-order valence-electron chi connectivity index (χ2n) is 2.37. The van der Waals surface area contributed by atoms with Crippen molar-refractivity contribution in [2.45, 2.75) is 26.1 Å². The van der Waals surface area contributed by atoms with Crippen molar-refractivity contribution in [1.29, 1.82) is 0 Å². The van der Waals surface area contributed by atoms with Crippen LogP contribution >= 0.6 is 8.03 Å². The monoisotopic (exact) mass is 178 g/mol. The van der Waals surface area contributed by atoms with Crippen molar-refractivity contribution in [3.05, 3.63) is 12.2 Å². The molecular weight excluding hydrogens is 163 g/mol. The van der Waals surface area contributed by atoms with Gasteiger partial charge in [0.15, 0.2) is 5.34 Å². The molecule has 1 N–H and O–H groups in total. The van der Waals surface area contributed by atoms with E-state index in [-0.39, 0.29) is 0 Å². The minimum absolute atomic E-state index is 0.367. The van der Waals surface area contributed by atoms with E-state index in [4.69, 9.17) is 4.52 Å². The Morgan fingerprint density at radius 3 is 2.64 bits per heavy atom. The third-order valence-electron chi connectivity index (χ3n) is 1.18. The number of aliphatic hydroxyl groups is 1. The molecule has 0 amide bonds. The molecule has 0 saturated heterocycles. The normalized spacial score (nSPS) is 20.0. The van der Waals surface area contributed by atoms with E-state index in [1.165, 1.54) is 13.0 Å². The van der Waals surface area contributed by atoms with Crippen LogP contribution in [-0.2, 0) is 9.09 Å². The van der Waals surface area contributed by atoms with Crippen LogP contribution in [0.1, 0.15) is 20.8 Å². The highest BCUT2D eigenvalue weighted by Crippen LogP contribution is 2.38. The SMILES string of the molecule is CC=CC(C)(O)[PH](=O)OCC. The summed E-state index contributed by atoms with van der Waals surface area (Å²) < 4.78 is 15.9. The van der Waals surface area contributed by atoms with Gasteiger partial charge in [0, 0.05) is 0 Å². The summed E-state index contributed by atoms with van der Waals surface area (Å²) in [4.78, 5) is 0. The molecule has 66 valence electrons. The summed E-state index contributed by atoms with van der Waals surface area (Å²) in [5.41, 5.74) is 0. The van der Waals surface area contributed by atoms with Gasteiger partial charge in [0.25, 0.3) is 0 Å². The van der Waals surface area contributed by atoms with E-state index in [1.54, 1.807) is 19.9 Å². The fourth-order valence-electron chi connectivity index (χ4n) is 0.670. The van der Waals surface area contributed by atoms with Gasteiger partial charge in [-0.2, -0.15) is 0 Å². The van der Waals surface area contributed by atoms with Crippen molar-refractivity contribution < 1.29 is 14.2 Å². The Morgan fingerprint density at radius 2 is 2.27 bits per heavy atom. The van der Waals surface area contributed by atoms with Gasteiger partial charge in [0.1, 0.15) is 0 Å². The zero-order valence-corrected chi connectivity index (χ0v) is 8.13. The summed E-state index contributed by atoms with van der Waals surface area (Å²) in [6, 6.07) is 0. The quantitative estimate of drug-likeness (QED) is 0.527. The second-order valence-corrected chi connectivity index (χ2v) is 4.24. The van der Waals surface area contributed by atoms with E-state index in [0.717, 1.165) is 0 Å². The molecule has 0 spiro atoms. The van der Waals surface area contributed by atoms with Crippen LogP contribution in [0, 0.1) is 0 Å². The van der Waals surface area contributed by atoms with Gasteiger partial charge in [0.2, 0.25) is 8.03 Å². The molecule has 11 heavy (non-hydrogen) atoms. The standard InChI is InChI=1S/C7H15O3P/c1-4-6-7(3,8)11(9)10-5-2/h4,6,8,11H,5H2,1-3H3. The highest BCUT2D eigenvalue weighted by molar-refractivity contribution is 7.41. The molecule has 0 fully saturated rings. The van der Waals surface area contributed by atoms with Crippen LogP contribution in [0.3, 0.4) is 0 Å². The number of allylic oxidation sites excluding steroid dienone is 1. The third-order valence-corrected chi connectivity index (χ3v) is 2.72. The van der Waals surface area contributed by atoms with E-state index in [9.17, 15) is 9.67 Å². The van der Waals surface area contributed by atoms with E-state index in [0.29, 0.717) is 6.61 Å². The molecule has 2 unspecified atom stereocenters. The van der Waals surface area contributed by atoms with Crippen LogP contribution in [0.15, 0.2) is 12.2 Å². The smallest absolute Gasteiger partial charge is 0.225 e. The summed E-state index contributed by atoms with van der Waals surface area (Å²) >= 11 is 0. The Kier molecular flexibility index (Phi) is 4.66. The Balaban J connectivity index is 4.17. The lowest BCUT2D eigenvalue weighted by atomic mass is 10.3. The zero-order valence-electron chi connectivity index (χ0n) is 7.13. The molecule has 0 bridgehead atoms. The molecule has 3 nitrogen and oxygen atoms in total. The maximum absolute atomic E-state index is 11.1. The van der Waals surface area contributed by atoms with Crippen LogP contribution in [0.5, 0.6) is 0 Å². The molecule has 4 heteroatoms. The predicted octanol–water partition coefficient (Wildman–Crippen LogP) is 1.78. The van der Waals surface area contributed by atoms with Crippen molar-refractivity contribution in [2.75, 3.05) is 6.61 Å². The van der Waals surface area contributed by atoms with Gasteiger partial charge in [-0.3, -0.25) is 4.57 Å². The highest BCUT2D eigenvalue weighted by atomic mass is 31.1. The molecule has 0 saturated carbocycles. The molecule has 0 aliphatic rings. The molecule has 0 aromatic heterocycles. The summed E-state index contributed by atoms with van der Waals surface area (Å²) in [6.45, 7) is 5.35. The van der Waals surface area contributed by atoms with Gasteiger partial charge in [-0.25, -0.2) is 0 Å². The van der Waals surface area contributed by atoms with E-state index < -0.39 is 13.4 Å². The van der Waals surface area contributed by atoms with E-state index in [2.05, 4.69) is 0 Å². The molecule has 0 aliphatic carbocycles. The first-order valence-electron chi connectivity index (χ1n) is 3.58. The average Bonchev–Trinajstić information content (AvgIpc) is 1.88. The minimum atomic E-state index is -2.36. The predicted molar refractivity (Wildman–Crippen MR) is 46.1 cm³/mol. The topological polar surface area (TPSA) is 46.5 Å². The highest BCUT2D eigenvalue weighted by Gasteiger charge is 2.24. The molecule has 0 aromatic rings. The summed E-state index contributed by atoms with van der Waals surface area (Å²) in [7, 11) is -2.36. The molecule has 0 radical (unpaired) electrons. The van der Waals surface area contributed by atoms with Crippen LogP contribution in [0.4, 0.5) is 0 Å². The summed E-state index contributed by atoms with van der Waals surface area (Å²) in [5, 5.41) is 8.14. The molecule has 0 heterocycles. The Labute approximate surface area is 67.9 Å². The lowest BCUT2D eigenvalue weighted by molar-refractivity contribution is 0.172. The molecule has 0 aromatic carbocycles. The van der Waals surface area contributed by atoms with Crippen LogP contribution < -0.4 is 0 Å². The van der Waals surface area contributed by atoms with Crippen molar-refractivity contribution in [3.8, 4) is 0 Å². The largest absolute Gasteiger partial charge is 0.376 e. The van der Waals surface area contributed by atoms with Crippen molar-refractivity contribution in [2.24, 2.45) is 0 Å². The van der Waals surface area contributed by atoms with Crippen LogP contribution in [0.2, 0.25) is 0 Å². The van der Waals surface area contributed by atoms with Crippen molar-refractivity contribution in [3.63, 3.8) is 0 Å². The maximum Gasteiger partial charge on any atom is 0.225 e. The van der Waals surface area contributed by atoms with Gasteiger partial charge in [0.05, 0.1) is 6.61 Å². The Hall–Kier alpha value is -0.110. The maximum atomic E-state index is 11.1. The number of hydrogen-bond acceptors (Lipinski definition) is 3. The fourth-order valence-corrected chi connectivity index (χ4v) is 1.53. The first-order valence-corrected chi connectivity index (χ1v) is 4.89. The lowest BCUT2D eigenvalue weighted by Crippen LogP contribution is -2.15. The lowest BCUT2D eigenvalue weighted by Gasteiger charge is -2.17. The van der Waals surface area contributed by atoms with Crippen LogP contribution in [0.25, 0.3) is 0 Å². The fraction of sp³-hybridized carbons (Fsp3) is 0.714. The molecule has 2 atom stereocenters. The Bertz CT molecular complexity index is 163.